The number of carbonyl (C=O) groups excluding carboxylic acids is 1. The summed E-state index contributed by atoms with van der Waals surface area (Å²) < 4.78 is 3.17. The van der Waals surface area contributed by atoms with Gasteiger partial charge in [0.2, 0.25) is 5.91 Å². The first kappa shape index (κ1) is 23.5. The Kier molecular flexibility index (Phi) is 7.49. The first-order valence-corrected chi connectivity index (χ1v) is 12.8. The van der Waals surface area contributed by atoms with Gasteiger partial charge in [-0.05, 0) is 77.4 Å². The Balaban J connectivity index is 1.58. The van der Waals surface area contributed by atoms with E-state index in [2.05, 4.69) is 77.1 Å². The van der Waals surface area contributed by atoms with Crippen molar-refractivity contribution in [2.45, 2.75) is 31.8 Å². The number of halogens is 1. The Morgan fingerprint density at radius 3 is 2.55 bits per heavy atom. The Hall–Kier alpha value is -2.65. The van der Waals surface area contributed by atoms with Crippen molar-refractivity contribution in [1.82, 2.24) is 14.8 Å². The fourth-order valence-electron chi connectivity index (χ4n) is 3.59. The molecule has 1 amide bonds. The molecule has 0 bridgehead atoms. The molecule has 4 rings (SSSR count). The Labute approximate surface area is 212 Å². The first-order chi connectivity index (χ1) is 15.9. The zero-order valence-corrected chi connectivity index (χ0v) is 21.7. The number of hydrogen-bond acceptors (Lipinski definition) is 4. The van der Waals surface area contributed by atoms with Gasteiger partial charge in [-0.2, -0.15) is 0 Å². The number of carbonyl (C=O) groups is 1. The third-order valence-corrected chi connectivity index (χ3v) is 6.77. The van der Waals surface area contributed by atoms with Gasteiger partial charge in [-0.15, -0.1) is 10.2 Å². The summed E-state index contributed by atoms with van der Waals surface area (Å²) in [5.41, 5.74) is 5.10. The van der Waals surface area contributed by atoms with Crippen LogP contribution in [-0.4, -0.2) is 26.4 Å². The van der Waals surface area contributed by atoms with Gasteiger partial charge >= 0.3 is 0 Å². The number of para-hydroxylation sites is 1. The number of anilines is 1. The van der Waals surface area contributed by atoms with Crippen LogP contribution in [0.25, 0.3) is 17.1 Å². The molecule has 7 heteroatoms. The van der Waals surface area contributed by atoms with E-state index in [9.17, 15) is 4.79 Å². The molecule has 4 aromatic rings. The lowest BCUT2D eigenvalue weighted by atomic mass is 10.0. The third-order valence-electron chi connectivity index (χ3n) is 5.17. The van der Waals surface area contributed by atoms with Crippen LogP contribution in [-0.2, 0) is 4.79 Å². The molecule has 1 N–H and O–H groups in total. The summed E-state index contributed by atoms with van der Waals surface area (Å²) in [6, 6.07) is 24.3. The molecule has 0 unspecified atom stereocenters. The van der Waals surface area contributed by atoms with Gasteiger partial charge in [0.15, 0.2) is 11.0 Å². The van der Waals surface area contributed by atoms with Crippen molar-refractivity contribution < 1.29 is 4.79 Å². The average Bonchev–Trinajstić information content (AvgIpc) is 3.23. The summed E-state index contributed by atoms with van der Waals surface area (Å²) in [6.45, 7) is 6.32. The smallest absolute Gasteiger partial charge is 0.234 e. The van der Waals surface area contributed by atoms with Gasteiger partial charge in [0.05, 0.1) is 5.75 Å². The van der Waals surface area contributed by atoms with Crippen LogP contribution in [0.4, 0.5) is 5.69 Å². The van der Waals surface area contributed by atoms with Gasteiger partial charge in [0, 0.05) is 20.5 Å². The molecular formula is C26H25IN4OS. The maximum absolute atomic E-state index is 12.8. The number of aromatic nitrogens is 3. The molecule has 3 aromatic carbocycles. The standard InChI is InChI=1S/C26H25IN4OS/c1-17(2)22-15-20(27)12-13-23(22)28-24(32)16-33-26-30-29-25(19-9-7-8-18(3)14-19)31(26)21-10-5-4-6-11-21/h4-15,17H,16H2,1-3H3,(H,28,32). The summed E-state index contributed by atoms with van der Waals surface area (Å²) in [5.74, 6) is 1.25. The van der Waals surface area contributed by atoms with E-state index in [-0.39, 0.29) is 11.7 Å². The van der Waals surface area contributed by atoms with E-state index < -0.39 is 0 Å². The molecule has 5 nitrogen and oxygen atoms in total. The molecule has 168 valence electrons. The van der Waals surface area contributed by atoms with Crippen LogP contribution in [0.2, 0.25) is 0 Å². The first-order valence-electron chi connectivity index (χ1n) is 10.7. The minimum Gasteiger partial charge on any atom is -0.325 e. The summed E-state index contributed by atoms with van der Waals surface area (Å²) in [7, 11) is 0. The van der Waals surface area contributed by atoms with Gasteiger partial charge in [-0.3, -0.25) is 9.36 Å². The van der Waals surface area contributed by atoms with Crippen LogP contribution in [0, 0.1) is 10.5 Å². The number of thioether (sulfide) groups is 1. The largest absolute Gasteiger partial charge is 0.325 e. The van der Waals surface area contributed by atoms with Crippen molar-refractivity contribution in [3.63, 3.8) is 0 Å². The van der Waals surface area contributed by atoms with Crippen LogP contribution < -0.4 is 5.32 Å². The van der Waals surface area contributed by atoms with Crippen molar-refractivity contribution in [1.29, 1.82) is 0 Å². The van der Waals surface area contributed by atoms with E-state index in [4.69, 9.17) is 0 Å². The van der Waals surface area contributed by atoms with Crippen molar-refractivity contribution >= 4 is 45.9 Å². The number of rotatable bonds is 7. The van der Waals surface area contributed by atoms with Crippen molar-refractivity contribution in [2.75, 3.05) is 11.1 Å². The van der Waals surface area contributed by atoms with Crippen LogP contribution in [0.1, 0.15) is 30.9 Å². The lowest BCUT2D eigenvalue weighted by Crippen LogP contribution is -2.16. The molecule has 1 heterocycles. The minimum absolute atomic E-state index is 0.0668. The van der Waals surface area contributed by atoms with E-state index in [1.54, 1.807) is 0 Å². The highest BCUT2D eigenvalue weighted by atomic mass is 127. The van der Waals surface area contributed by atoms with E-state index >= 15 is 0 Å². The molecule has 0 aliphatic carbocycles. The van der Waals surface area contributed by atoms with E-state index in [0.717, 1.165) is 37.5 Å². The van der Waals surface area contributed by atoms with Gasteiger partial charge < -0.3 is 5.32 Å². The summed E-state index contributed by atoms with van der Waals surface area (Å²) in [4.78, 5) is 12.8. The fourth-order valence-corrected chi connectivity index (χ4v) is 4.85. The Morgan fingerprint density at radius 2 is 1.82 bits per heavy atom. The average molecular weight is 568 g/mol. The number of nitrogens with zero attached hydrogens (tertiary/aromatic N) is 3. The molecule has 0 fully saturated rings. The highest BCUT2D eigenvalue weighted by Crippen LogP contribution is 2.29. The molecule has 0 spiro atoms. The second-order valence-electron chi connectivity index (χ2n) is 8.07. The van der Waals surface area contributed by atoms with Gasteiger partial charge in [-0.1, -0.05) is 67.6 Å². The molecule has 0 saturated heterocycles. The number of hydrogen-bond donors (Lipinski definition) is 1. The third kappa shape index (κ3) is 5.65. The quantitative estimate of drug-likeness (QED) is 0.199. The highest BCUT2D eigenvalue weighted by Gasteiger charge is 2.18. The summed E-state index contributed by atoms with van der Waals surface area (Å²) in [6.07, 6.45) is 0. The Morgan fingerprint density at radius 1 is 1.03 bits per heavy atom. The highest BCUT2D eigenvalue weighted by molar-refractivity contribution is 14.1. The van der Waals surface area contributed by atoms with Crippen LogP contribution in [0.3, 0.4) is 0 Å². The van der Waals surface area contributed by atoms with E-state index in [1.807, 2.05) is 59.2 Å². The predicted octanol–water partition coefficient (Wildman–Crippen LogP) is 6.70. The van der Waals surface area contributed by atoms with E-state index in [0.29, 0.717) is 11.1 Å². The number of aryl methyl sites for hydroxylation is 1. The van der Waals surface area contributed by atoms with Gasteiger partial charge in [0.25, 0.3) is 0 Å². The van der Waals surface area contributed by atoms with Crippen molar-refractivity contribution in [3.05, 3.63) is 87.5 Å². The number of amides is 1. The van der Waals surface area contributed by atoms with E-state index in [1.165, 1.54) is 11.8 Å². The van der Waals surface area contributed by atoms with Crippen LogP contribution >= 0.6 is 34.4 Å². The lowest BCUT2D eigenvalue weighted by molar-refractivity contribution is -0.113. The molecule has 1 aromatic heterocycles. The monoisotopic (exact) mass is 568 g/mol. The number of benzene rings is 3. The molecule has 0 saturated carbocycles. The molecule has 0 atom stereocenters. The maximum atomic E-state index is 12.8. The second kappa shape index (κ2) is 10.5. The molecular weight excluding hydrogens is 543 g/mol. The van der Waals surface area contributed by atoms with Gasteiger partial charge in [0.1, 0.15) is 0 Å². The van der Waals surface area contributed by atoms with Crippen LogP contribution in [0.15, 0.2) is 78.0 Å². The summed E-state index contributed by atoms with van der Waals surface area (Å²) >= 11 is 3.68. The minimum atomic E-state index is -0.0668. The summed E-state index contributed by atoms with van der Waals surface area (Å²) in [5, 5.41) is 12.7. The fraction of sp³-hybridized carbons (Fsp3) is 0.192. The zero-order valence-electron chi connectivity index (χ0n) is 18.7. The lowest BCUT2D eigenvalue weighted by Gasteiger charge is -2.14. The topological polar surface area (TPSA) is 59.8 Å². The normalized spacial score (nSPS) is 11.1. The molecule has 0 aliphatic heterocycles. The maximum Gasteiger partial charge on any atom is 0.234 e. The SMILES string of the molecule is Cc1cccc(-c2nnc(SCC(=O)Nc3ccc(I)cc3C(C)C)n2-c2ccccc2)c1. The van der Waals surface area contributed by atoms with Crippen LogP contribution in [0.5, 0.6) is 0 Å². The predicted molar refractivity (Wildman–Crippen MR) is 144 cm³/mol. The van der Waals surface area contributed by atoms with Crippen molar-refractivity contribution in [3.8, 4) is 17.1 Å². The van der Waals surface area contributed by atoms with Gasteiger partial charge in [-0.25, -0.2) is 0 Å². The zero-order chi connectivity index (χ0) is 23.4. The second-order valence-corrected chi connectivity index (χ2v) is 10.3. The Bertz CT molecular complexity index is 1270. The number of nitrogens with one attached hydrogen (secondary N) is 1. The molecule has 0 radical (unpaired) electrons. The molecule has 0 aliphatic rings. The molecule has 33 heavy (non-hydrogen) atoms. The van der Waals surface area contributed by atoms with Crippen molar-refractivity contribution in [2.24, 2.45) is 0 Å².